The van der Waals surface area contributed by atoms with Gasteiger partial charge in [-0.3, -0.25) is 0 Å². The van der Waals surface area contributed by atoms with E-state index < -0.39 is 6.10 Å². The predicted molar refractivity (Wildman–Crippen MR) is 81.6 cm³/mol. The summed E-state index contributed by atoms with van der Waals surface area (Å²) in [4.78, 5) is 0. The molecule has 0 aromatic rings. The minimum absolute atomic E-state index is 0.134. The third kappa shape index (κ3) is 5.68. The summed E-state index contributed by atoms with van der Waals surface area (Å²) in [6, 6.07) is 0. The summed E-state index contributed by atoms with van der Waals surface area (Å²) in [6.45, 7) is 9.67. The van der Waals surface area contributed by atoms with Crippen LogP contribution in [-0.4, -0.2) is 42.7 Å². The van der Waals surface area contributed by atoms with Gasteiger partial charge in [0, 0.05) is 6.54 Å². The number of hydrogen-bond donors (Lipinski definition) is 2. The molecule has 1 atom stereocenters. The Kier molecular flexibility index (Phi) is 7.45. The zero-order valence-electron chi connectivity index (χ0n) is 13.6. The van der Waals surface area contributed by atoms with Crippen molar-refractivity contribution in [1.29, 1.82) is 0 Å². The molecule has 3 N–H and O–H groups in total. The zero-order chi connectivity index (χ0) is 15.2. The van der Waals surface area contributed by atoms with Crippen molar-refractivity contribution in [2.24, 2.45) is 17.6 Å². The normalized spacial score (nSPS) is 29.1. The Morgan fingerprint density at radius 1 is 1.15 bits per heavy atom. The quantitative estimate of drug-likeness (QED) is 0.719. The minimum Gasteiger partial charge on any atom is -0.388 e. The lowest BCUT2D eigenvalue weighted by Gasteiger charge is -2.41. The van der Waals surface area contributed by atoms with Crippen LogP contribution in [0.25, 0.3) is 0 Å². The van der Waals surface area contributed by atoms with E-state index in [9.17, 15) is 5.11 Å². The first kappa shape index (κ1) is 17.9. The van der Waals surface area contributed by atoms with Gasteiger partial charge in [0.05, 0.1) is 24.9 Å². The Morgan fingerprint density at radius 3 is 2.20 bits per heavy atom. The Bertz CT molecular complexity index is 260. The third-order valence-electron chi connectivity index (χ3n) is 4.46. The van der Waals surface area contributed by atoms with E-state index in [4.69, 9.17) is 15.2 Å². The van der Waals surface area contributed by atoms with Gasteiger partial charge >= 0.3 is 0 Å². The van der Waals surface area contributed by atoms with Crippen LogP contribution in [0.3, 0.4) is 0 Å². The van der Waals surface area contributed by atoms with Crippen molar-refractivity contribution in [2.75, 3.05) is 19.8 Å². The van der Waals surface area contributed by atoms with Crippen LogP contribution in [-0.2, 0) is 9.47 Å². The summed E-state index contributed by atoms with van der Waals surface area (Å²) >= 11 is 0. The molecule has 4 heteroatoms. The molecule has 0 saturated heterocycles. The summed E-state index contributed by atoms with van der Waals surface area (Å²) in [5.41, 5.74) is 5.70. The molecule has 0 spiro atoms. The van der Waals surface area contributed by atoms with Gasteiger partial charge in [-0.05, 0) is 51.4 Å². The standard InChI is InChI=1S/C16H33NO3/c1-12(2)14-5-7-16(11-17,8-6-14)20-10-15(18)9-19-13(3)4/h12-15,18H,5-11,17H2,1-4H3. The van der Waals surface area contributed by atoms with Crippen molar-refractivity contribution < 1.29 is 14.6 Å². The van der Waals surface area contributed by atoms with Gasteiger partial charge in [0.25, 0.3) is 0 Å². The Hall–Kier alpha value is -0.160. The summed E-state index contributed by atoms with van der Waals surface area (Å²) in [5, 5.41) is 9.89. The molecule has 0 bridgehead atoms. The number of rotatable bonds is 8. The fourth-order valence-electron chi connectivity index (χ4n) is 2.86. The average molecular weight is 287 g/mol. The lowest BCUT2D eigenvalue weighted by molar-refractivity contribution is -0.116. The molecule has 0 heterocycles. The van der Waals surface area contributed by atoms with Gasteiger partial charge in [-0.25, -0.2) is 0 Å². The number of aliphatic hydroxyl groups excluding tert-OH is 1. The maximum atomic E-state index is 9.89. The largest absolute Gasteiger partial charge is 0.388 e. The van der Waals surface area contributed by atoms with E-state index in [1.165, 1.54) is 12.8 Å². The fraction of sp³-hybridized carbons (Fsp3) is 1.00. The van der Waals surface area contributed by atoms with Crippen LogP contribution in [0.1, 0.15) is 53.4 Å². The van der Waals surface area contributed by atoms with Crippen molar-refractivity contribution in [3.05, 3.63) is 0 Å². The molecule has 1 saturated carbocycles. The van der Waals surface area contributed by atoms with E-state index >= 15 is 0 Å². The summed E-state index contributed by atoms with van der Waals surface area (Å²) in [7, 11) is 0. The van der Waals surface area contributed by atoms with Crippen LogP contribution in [0, 0.1) is 11.8 Å². The number of aliphatic hydroxyl groups is 1. The van der Waals surface area contributed by atoms with Crippen LogP contribution >= 0.6 is 0 Å². The molecule has 0 aromatic carbocycles. The second-order valence-electron chi connectivity index (χ2n) is 6.82. The highest BCUT2D eigenvalue weighted by molar-refractivity contribution is 4.89. The van der Waals surface area contributed by atoms with Gasteiger partial charge in [0.15, 0.2) is 0 Å². The van der Waals surface area contributed by atoms with Crippen LogP contribution in [0.4, 0.5) is 0 Å². The lowest BCUT2D eigenvalue weighted by Crippen LogP contribution is -2.46. The summed E-state index contributed by atoms with van der Waals surface area (Å²) < 4.78 is 11.4. The molecule has 1 unspecified atom stereocenters. The predicted octanol–water partition coefficient (Wildman–Crippen LogP) is 2.33. The van der Waals surface area contributed by atoms with Crippen molar-refractivity contribution in [1.82, 2.24) is 0 Å². The SMILES string of the molecule is CC(C)OCC(O)COC1(CN)CCC(C(C)C)CC1. The Morgan fingerprint density at radius 2 is 1.75 bits per heavy atom. The number of nitrogens with two attached hydrogens (primary N) is 1. The first-order valence-corrected chi connectivity index (χ1v) is 8.02. The van der Waals surface area contributed by atoms with E-state index in [0.29, 0.717) is 19.8 Å². The second kappa shape index (κ2) is 8.32. The third-order valence-corrected chi connectivity index (χ3v) is 4.46. The van der Waals surface area contributed by atoms with Gasteiger partial charge in [-0.15, -0.1) is 0 Å². The molecular weight excluding hydrogens is 254 g/mol. The molecule has 0 aliphatic heterocycles. The highest BCUT2D eigenvalue weighted by Gasteiger charge is 2.36. The van der Waals surface area contributed by atoms with Crippen molar-refractivity contribution >= 4 is 0 Å². The Labute approximate surface area is 124 Å². The maximum absolute atomic E-state index is 9.89. The molecule has 1 aliphatic rings. The van der Waals surface area contributed by atoms with E-state index in [0.717, 1.165) is 24.7 Å². The lowest BCUT2D eigenvalue weighted by atomic mass is 9.74. The molecule has 4 nitrogen and oxygen atoms in total. The minimum atomic E-state index is -0.566. The first-order valence-electron chi connectivity index (χ1n) is 8.02. The molecule has 20 heavy (non-hydrogen) atoms. The smallest absolute Gasteiger partial charge is 0.101 e. The van der Waals surface area contributed by atoms with Crippen LogP contribution in [0.15, 0.2) is 0 Å². The van der Waals surface area contributed by atoms with Crippen molar-refractivity contribution in [3.8, 4) is 0 Å². The first-order chi connectivity index (χ1) is 9.38. The monoisotopic (exact) mass is 287 g/mol. The Balaban J connectivity index is 2.36. The summed E-state index contributed by atoms with van der Waals surface area (Å²) in [5.74, 6) is 1.52. The summed E-state index contributed by atoms with van der Waals surface area (Å²) in [6.07, 6.45) is 3.92. The van der Waals surface area contributed by atoms with Crippen LogP contribution in [0.2, 0.25) is 0 Å². The van der Waals surface area contributed by atoms with Gasteiger partial charge in [-0.1, -0.05) is 13.8 Å². The van der Waals surface area contributed by atoms with Gasteiger partial charge in [0.2, 0.25) is 0 Å². The maximum Gasteiger partial charge on any atom is 0.101 e. The number of hydrogen-bond acceptors (Lipinski definition) is 4. The zero-order valence-corrected chi connectivity index (χ0v) is 13.6. The topological polar surface area (TPSA) is 64.7 Å². The molecule has 0 radical (unpaired) electrons. The highest BCUT2D eigenvalue weighted by atomic mass is 16.5. The molecular formula is C16H33NO3. The van der Waals surface area contributed by atoms with Crippen molar-refractivity contribution in [2.45, 2.75) is 71.2 Å². The highest BCUT2D eigenvalue weighted by Crippen LogP contribution is 2.37. The molecule has 1 rings (SSSR count). The van der Waals surface area contributed by atoms with Crippen molar-refractivity contribution in [3.63, 3.8) is 0 Å². The van der Waals surface area contributed by atoms with Gasteiger partial charge in [-0.2, -0.15) is 0 Å². The average Bonchev–Trinajstić information content (AvgIpc) is 2.43. The van der Waals surface area contributed by atoms with E-state index in [1.807, 2.05) is 13.8 Å². The molecule has 0 aromatic heterocycles. The van der Waals surface area contributed by atoms with Gasteiger partial charge < -0.3 is 20.3 Å². The van der Waals surface area contributed by atoms with Gasteiger partial charge in [0.1, 0.15) is 6.10 Å². The van der Waals surface area contributed by atoms with Crippen LogP contribution in [0.5, 0.6) is 0 Å². The number of ether oxygens (including phenoxy) is 2. The molecule has 120 valence electrons. The molecule has 1 aliphatic carbocycles. The molecule has 1 fully saturated rings. The van der Waals surface area contributed by atoms with E-state index in [2.05, 4.69) is 13.8 Å². The van der Waals surface area contributed by atoms with Crippen LogP contribution < -0.4 is 5.73 Å². The van der Waals surface area contributed by atoms with E-state index in [1.54, 1.807) is 0 Å². The second-order valence-corrected chi connectivity index (χ2v) is 6.82. The van der Waals surface area contributed by atoms with E-state index in [-0.39, 0.29) is 11.7 Å². The fourth-order valence-corrected chi connectivity index (χ4v) is 2.86. The molecule has 0 amide bonds.